The van der Waals surface area contributed by atoms with Crippen molar-refractivity contribution in [3.8, 4) is 0 Å². The third-order valence-electron chi connectivity index (χ3n) is 3.67. The summed E-state index contributed by atoms with van der Waals surface area (Å²) < 4.78 is 31.4. The molecule has 0 fully saturated rings. The summed E-state index contributed by atoms with van der Waals surface area (Å²) >= 11 is 0. The molecule has 2 aromatic rings. The minimum absolute atomic E-state index is 0.240. The first-order valence-electron chi connectivity index (χ1n) is 7.03. The smallest absolute Gasteiger partial charge is 0.273 e. The zero-order chi connectivity index (χ0) is 16.6. The highest BCUT2D eigenvalue weighted by Crippen LogP contribution is 2.16. The zero-order valence-corrected chi connectivity index (χ0v) is 13.6. The van der Waals surface area contributed by atoms with Crippen LogP contribution >= 0.6 is 0 Å². The zero-order valence-electron chi connectivity index (χ0n) is 12.8. The summed E-state index contributed by atoms with van der Waals surface area (Å²) in [4.78, 5) is 15.8. The number of nitrogens with zero attached hydrogens (tertiary/aromatic N) is 4. The minimum Gasteiger partial charge on any atom is -0.448 e. The van der Waals surface area contributed by atoms with E-state index in [0.29, 0.717) is 31.1 Å². The molecule has 0 aliphatic carbocycles. The molecule has 124 valence electrons. The van der Waals surface area contributed by atoms with Gasteiger partial charge < -0.3 is 9.73 Å². The second-order valence-corrected chi connectivity index (χ2v) is 7.37. The van der Waals surface area contributed by atoms with E-state index < -0.39 is 10.0 Å². The van der Waals surface area contributed by atoms with E-state index in [1.807, 2.05) is 0 Å². The van der Waals surface area contributed by atoms with Crippen molar-refractivity contribution in [3.05, 3.63) is 35.3 Å². The highest BCUT2D eigenvalue weighted by atomic mass is 32.2. The van der Waals surface area contributed by atoms with Crippen molar-refractivity contribution < 1.29 is 17.6 Å². The Labute approximate surface area is 133 Å². The largest absolute Gasteiger partial charge is 0.448 e. The van der Waals surface area contributed by atoms with Crippen LogP contribution in [0.15, 0.2) is 16.9 Å². The van der Waals surface area contributed by atoms with Gasteiger partial charge in [0.15, 0.2) is 12.1 Å². The molecule has 9 nitrogen and oxygen atoms in total. The molecule has 3 heterocycles. The summed E-state index contributed by atoms with van der Waals surface area (Å²) in [6, 6.07) is 1.80. The summed E-state index contributed by atoms with van der Waals surface area (Å²) in [7, 11) is -3.22. The molecule has 0 saturated carbocycles. The van der Waals surface area contributed by atoms with Crippen LogP contribution in [0, 0.1) is 6.92 Å². The number of aromatic nitrogens is 3. The van der Waals surface area contributed by atoms with Crippen molar-refractivity contribution in [2.75, 3.05) is 12.8 Å². The lowest BCUT2D eigenvalue weighted by atomic mass is 10.3. The Morgan fingerprint density at radius 3 is 2.87 bits per heavy atom. The second-order valence-electron chi connectivity index (χ2n) is 5.39. The Morgan fingerprint density at radius 1 is 1.43 bits per heavy atom. The molecule has 0 bridgehead atoms. The number of amides is 1. The van der Waals surface area contributed by atoms with Crippen LogP contribution in [-0.4, -0.2) is 46.2 Å². The van der Waals surface area contributed by atoms with E-state index in [-0.39, 0.29) is 18.1 Å². The molecule has 2 aromatic heterocycles. The maximum absolute atomic E-state index is 12.0. The molecule has 1 aliphatic rings. The average molecular weight is 339 g/mol. The predicted octanol–water partition coefficient (Wildman–Crippen LogP) is -0.115. The van der Waals surface area contributed by atoms with Gasteiger partial charge in [-0.3, -0.25) is 9.48 Å². The normalized spacial score (nSPS) is 15.4. The summed E-state index contributed by atoms with van der Waals surface area (Å²) in [5.41, 5.74) is 1.73. The topological polar surface area (TPSA) is 110 Å². The number of nitrogens with one attached hydrogen (secondary N) is 1. The quantitative estimate of drug-likeness (QED) is 0.832. The highest BCUT2D eigenvalue weighted by Gasteiger charge is 2.24. The first-order chi connectivity index (χ1) is 10.8. The van der Waals surface area contributed by atoms with Crippen LogP contribution in [0.4, 0.5) is 0 Å². The van der Waals surface area contributed by atoms with Crippen molar-refractivity contribution in [3.63, 3.8) is 0 Å². The van der Waals surface area contributed by atoms with E-state index in [0.717, 1.165) is 5.69 Å². The molecule has 1 aliphatic heterocycles. The van der Waals surface area contributed by atoms with E-state index in [1.54, 1.807) is 17.7 Å². The van der Waals surface area contributed by atoms with E-state index in [1.165, 1.54) is 17.0 Å². The molecular formula is C13H17N5O4S. The molecular weight excluding hydrogens is 322 g/mol. The fourth-order valence-corrected chi connectivity index (χ4v) is 3.23. The Hall–Kier alpha value is -2.20. The Balaban J connectivity index is 1.66. The van der Waals surface area contributed by atoms with Crippen LogP contribution in [0.25, 0.3) is 0 Å². The number of oxazole rings is 1. The summed E-state index contributed by atoms with van der Waals surface area (Å²) in [6.07, 6.45) is 2.42. The third-order valence-corrected chi connectivity index (χ3v) is 4.92. The van der Waals surface area contributed by atoms with E-state index in [2.05, 4.69) is 15.4 Å². The fraction of sp³-hybridized carbons (Fsp3) is 0.462. The molecule has 10 heteroatoms. The fourth-order valence-electron chi connectivity index (χ4n) is 2.45. The number of carbonyl (C=O) groups is 1. The molecule has 1 amide bonds. The highest BCUT2D eigenvalue weighted by molar-refractivity contribution is 7.88. The van der Waals surface area contributed by atoms with Crippen LogP contribution in [0.1, 0.15) is 27.6 Å². The standard InChI is InChI=1S/C13H17N5O4S/c1-9-12(15-8-22-9)13(19)14-6-10-5-11-7-17(23(2,20)21)3-4-18(11)16-10/h5,8H,3-4,6-7H2,1-2H3,(H,14,19). The van der Waals surface area contributed by atoms with Crippen LogP contribution in [-0.2, 0) is 29.7 Å². The van der Waals surface area contributed by atoms with Gasteiger partial charge in [-0.25, -0.2) is 13.4 Å². The molecule has 0 radical (unpaired) electrons. The number of sulfonamides is 1. The lowest BCUT2D eigenvalue weighted by molar-refractivity contribution is 0.0944. The van der Waals surface area contributed by atoms with Gasteiger partial charge in [-0.2, -0.15) is 9.40 Å². The SMILES string of the molecule is Cc1ocnc1C(=O)NCc1cc2n(n1)CCN(S(C)(=O)=O)C2. The van der Waals surface area contributed by atoms with Gasteiger partial charge in [-0.1, -0.05) is 0 Å². The lowest BCUT2D eigenvalue weighted by Crippen LogP contribution is -2.37. The predicted molar refractivity (Wildman–Crippen MR) is 79.9 cm³/mol. The van der Waals surface area contributed by atoms with E-state index in [9.17, 15) is 13.2 Å². The van der Waals surface area contributed by atoms with Gasteiger partial charge in [-0.05, 0) is 13.0 Å². The second kappa shape index (κ2) is 5.78. The van der Waals surface area contributed by atoms with Crippen LogP contribution in [0.2, 0.25) is 0 Å². The molecule has 3 rings (SSSR count). The van der Waals surface area contributed by atoms with Gasteiger partial charge in [0.05, 0.1) is 37.3 Å². The minimum atomic E-state index is -3.22. The third kappa shape index (κ3) is 3.27. The first kappa shape index (κ1) is 15.7. The molecule has 0 atom stereocenters. The maximum Gasteiger partial charge on any atom is 0.273 e. The Bertz CT molecular complexity index is 838. The Kier molecular flexibility index (Phi) is 3.94. The number of hydrogen-bond acceptors (Lipinski definition) is 6. The number of aryl methyl sites for hydroxylation is 1. The maximum atomic E-state index is 12.0. The summed E-state index contributed by atoms with van der Waals surface area (Å²) in [6.45, 7) is 3.10. The number of carbonyl (C=O) groups excluding carboxylic acids is 1. The van der Waals surface area contributed by atoms with Gasteiger partial charge in [0.25, 0.3) is 5.91 Å². The van der Waals surface area contributed by atoms with Crippen molar-refractivity contribution >= 4 is 15.9 Å². The van der Waals surface area contributed by atoms with Crippen LogP contribution < -0.4 is 5.32 Å². The number of fused-ring (bicyclic) bond motifs is 1. The molecule has 23 heavy (non-hydrogen) atoms. The first-order valence-corrected chi connectivity index (χ1v) is 8.88. The van der Waals surface area contributed by atoms with Gasteiger partial charge in [0.2, 0.25) is 10.0 Å². The van der Waals surface area contributed by atoms with E-state index in [4.69, 9.17) is 4.42 Å². The average Bonchev–Trinajstić information content (AvgIpc) is 3.08. The van der Waals surface area contributed by atoms with E-state index >= 15 is 0 Å². The van der Waals surface area contributed by atoms with Gasteiger partial charge in [-0.15, -0.1) is 0 Å². The van der Waals surface area contributed by atoms with Gasteiger partial charge >= 0.3 is 0 Å². The van der Waals surface area contributed by atoms with Crippen molar-refractivity contribution in [2.24, 2.45) is 0 Å². The van der Waals surface area contributed by atoms with Gasteiger partial charge in [0.1, 0.15) is 5.76 Å². The summed E-state index contributed by atoms with van der Waals surface area (Å²) in [5.74, 6) is 0.121. The van der Waals surface area contributed by atoms with Crippen molar-refractivity contribution in [2.45, 2.75) is 26.6 Å². The number of hydrogen-bond donors (Lipinski definition) is 1. The van der Waals surface area contributed by atoms with Crippen LogP contribution in [0.5, 0.6) is 0 Å². The summed E-state index contributed by atoms with van der Waals surface area (Å²) in [5, 5.41) is 7.10. The molecule has 0 aromatic carbocycles. The van der Waals surface area contributed by atoms with Crippen molar-refractivity contribution in [1.29, 1.82) is 0 Å². The lowest BCUT2D eigenvalue weighted by Gasteiger charge is -2.25. The van der Waals surface area contributed by atoms with Crippen molar-refractivity contribution in [1.82, 2.24) is 24.4 Å². The molecule has 0 unspecified atom stereocenters. The van der Waals surface area contributed by atoms with Crippen LogP contribution in [0.3, 0.4) is 0 Å². The molecule has 0 spiro atoms. The van der Waals surface area contributed by atoms with Gasteiger partial charge in [0, 0.05) is 6.54 Å². The number of rotatable bonds is 4. The Morgan fingerprint density at radius 2 is 2.22 bits per heavy atom. The molecule has 1 N–H and O–H groups in total. The molecule has 0 saturated heterocycles. The monoisotopic (exact) mass is 339 g/mol.